The van der Waals surface area contributed by atoms with Crippen LogP contribution >= 0.6 is 11.8 Å². The Bertz CT molecular complexity index is 466. The molecule has 0 fully saturated rings. The molecule has 0 saturated carbocycles. The van der Waals surface area contributed by atoms with Gasteiger partial charge in [-0.15, -0.1) is 0 Å². The van der Waals surface area contributed by atoms with Gasteiger partial charge in [0.1, 0.15) is 5.41 Å². The van der Waals surface area contributed by atoms with Crippen molar-refractivity contribution in [2.75, 3.05) is 5.32 Å². The summed E-state index contributed by atoms with van der Waals surface area (Å²) in [6.07, 6.45) is 0. The summed E-state index contributed by atoms with van der Waals surface area (Å²) in [5, 5.41) is 11.3. The standard InChI is InChI=1S/C12H12F2N2OS/c1-12(2,7-15)10(17)16-8-3-5-9(6-4-8)18-11(13)14/h3-6,11H,1-2H3,(H,16,17). The SMILES string of the molecule is CC(C)(C#N)C(=O)Nc1ccc(SC(F)F)cc1. The van der Waals surface area contributed by atoms with E-state index < -0.39 is 17.1 Å². The number of nitriles is 1. The number of thioether (sulfide) groups is 1. The van der Waals surface area contributed by atoms with Gasteiger partial charge in [0.05, 0.1) is 6.07 Å². The van der Waals surface area contributed by atoms with Crippen LogP contribution in [0, 0.1) is 16.7 Å². The van der Waals surface area contributed by atoms with Gasteiger partial charge in [-0.3, -0.25) is 4.79 Å². The summed E-state index contributed by atoms with van der Waals surface area (Å²) in [5.41, 5.74) is -0.655. The molecule has 1 N–H and O–H groups in total. The summed E-state index contributed by atoms with van der Waals surface area (Å²) in [7, 11) is 0. The normalized spacial score (nSPS) is 11.1. The van der Waals surface area contributed by atoms with Gasteiger partial charge in [0, 0.05) is 10.6 Å². The number of carbonyl (C=O) groups is 1. The molecule has 0 unspecified atom stereocenters. The third kappa shape index (κ3) is 4.00. The van der Waals surface area contributed by atoms with Gasteiger partial charge >= 0.3 is 0 Å². The summed E-state index contributed by atoms with van der Waals surface area (Å²) in [6, 6.07) is 7.91. The van der Waals surface area contributed by atoms with Crippen molar-refractivity contribution >= 4 is 23.4 Å². The van der Waals surface area contributed by atoms with Gasteiger partial charge < -0.3 is 5.32 Å². The predicted molar refractivity (Wildman–Crippen MR) is 66.3 cm³/mol. The Labute approximate surface area is 108 Å². The molecular weight excluding hydrogens is 258 g/mol. The topological polar surface area (TPSA) is 52.9 Å². The van der Waals surface area contributed by atoms with E-state index in [4.69, 9.17) is 5.26 Å². The van der Waals surface area contributed by atoms with E-state index in [1.807, 2.05) is 6.07 Å². The highest BCUT2D eigenvalue weighted by atomic mass is 32.2. The molecule has 1 rings (SSSR count). The lowest BCUT2D eigenvalue weighted by Crippen LogP contribution is -2.29. The minimum Gasteiger partial charge on any atom is -0.325 e. The minimum atomic E-state index is -2.47. The van der Waals surface area contributed by atoms with E-state index >= 15 is 0 Å². The number of alkyl halides is 2. The Morgan fingerprint density at radius 1 is 1.39 bits per heavy atom. The number of halogens is 2. The lowest BCUT2D eigenvalue weighted by molar-refractivity contribution is -0.121. The van der Waals surface area contributed by atoms with Gasteiger partial charge in [-0.1, -0.05) is 11.8 Å². The molecule has 0 radical (unpaired) electrons. The first kappa shape index (κ1) is 14.5. The number of amides is 1. The molecule has 96 valence electrons. The molecule has 0 heterocycles. The maximum Gasteiger partial charge on any atom is 0.288 e. The molecule has 0 aliphatic rings. The second-order valence-electron chi connectivity index (χ2n) is 4.09. The number of nitrogens with zero attached hydrogens (tertiary/aromatic N) is 1. The maximum absolute atomic E-state index is 12.1. The number of nitrogens with one attached hydrogen (secondary N) is 1. The average Bonchev–Trinajstić information content (AvgIpc) is 2.31. The summed E-state index contributed by atoms with van der Waals surface area (Å²) in [4.78, 5) is 12.1. The molecule has 0 atom stereocenters. The number of hydrogen-bond donors (Lipinski definition) is 1. The fraction of sp³-hybridized carbons (Fsp3) is 0.333. The summed E-state index contributed by atoms with van der Waals surface area (Å²) < 4.78 is 24.2. The second-order valence-corrected chi connectivity index (χ2v) is 5.16. The fourth-order valence-corrected chi connectivity index (χ4v) is 1.56. The monoisotopic (exact) mass is 270 g/mol. The smallest absolute Gasteiger partial charge is 0.288 e. The summed E-state index contributed by atoms with van der Waals surface area (Å²) >= 11 is 0.438. The number of benzene rings is 1. The lowest BCUT2D eigenvalue weighted by Gasteiger charge is -2.15. The molecule has 18 heavy (non-hydrogen) atoms. The molecule has 1 aromatic rings. The van der Waals surface area contributed by atoms with Crippen molar-refractivity contribution in [1.29, 1.82) is 5.26 Å². The van der Waals surface area contributed by atoms with Gasteiger partial charge in [0.2, 0.25) is 5.91 Å². The van der Waals surface area contributed by atoms with E-state index in [0.717, 1.165) is 0 Å². The van der Waals surface area contributed by atoms with Crippen molar-refractivity contribution in [1.82, 2.24) is 0 Å². The van der Waals surface area contributed by atoms with Crippen molar-refractivity contribution in [3.63, 3.8) is 0 Å². The molecular formula is C12H12F2N2OS. The summed E-state index contributed by atoms with van der Waals surface area (Å²) in [5.74, 6) is -2.90. The van der Waals surface area contributed by atoms with Crippen LogP contribution in [0.1, 0.15) is 13.8 Å². The number of rotatable bonds is 4. The van der Waals surface area contributed by atoms with Crippen LogP contribution in [0.25, 0.3) is 0 Å². The fourth-order valence-electron chi connectivity index (χ4n) is 1.06. The van der Waals surface area contributed by atoms with Crippen LogP contribution in [-0.4, -0.2) is 11.7 Å². The van der Waals surface area contributed by atoms with Gasteiger partial charge in [0.15, 0.2) is 0 Å². The van der Waals surface area contributed by atoms with E-state index in [2.05, 4.69) is 5.32 Å². The van der Waals surface area contributed by atoms with Crippen LogP contribution < -0.4 is 5.32 Å². The Hall–Kier alpha value is -1.61. The first-order chi connectivity index (χ1) is 8.35. The number of carbonyl (C=O) groups excluding carboxylic acids is 1. The van der Waals surface area contributed by atoms with Crippen molar-refractivity contribution in [2.24, 2.45) is 5.41 Å². The highest BCUT2D eigenvalue weighted by molar-refractivity contribution is 7.99. The van der Waals surface area contributed by atoms with Crippen molar-refractivity contribution in [3.8, 4) is 6.07 Å². The number of anilines is 1. The summed E-state index contributed by atoms with van der Waals surface area (Å²) in [6.45, 7) is 3.01. The van der Waals surface area contributed by atoms with Crippen LogP contribution in [0.3, 0.4) is 0 Å². The first-order valence-electron chi connectivity index (χ1n) is 5.13. The van der Waals surface area contributed by atoms with E-state index in [1.165, 1.54) is 38.1 Å². The molecule has 1 aromatic carbocycles. The Kier molecular flexibility index (Phi) is 4.68. The molecule has 0 spiro atoms. The van der Waals surface area contributed by atoms with Gasteiger partial charge in [0.25, 0.3) is 5.76 Å². The van der Waals surface area contributed by atoms with Crippen LogP contribution in [0.15, 0.2) is 29.2 Å². The van der Waals surface area contributed by atoms with Crippen LogP contribution in [0.4, 0.5) is 14.5 Å². The highest BCUT2D eigenvalue weighted by Crippen LogP contribution is 2.26. The zero-order valence-electron chi connectivity index (χ0n) is 9.91. The van der Waals surface area contributed by atoms with Crippen molar-refractivity contribution in [2.45, 2.75) is 24.5 Å². The zero-order chi connectivity index (χ0) is 13.8. The third-order valence-corrected chi connectivity index (χ3v) is 2.91. The van der Waals surface area contributed by atoms with Gasteiger partial charge in [-0.2, -0.15) is 14.0 Å². The van der Waals surface area contributed by atoms with E-state index in [9.17, 15) is 13.6 Å². The average molecular weight is 270 g/mol. The van der Waals surface area contributed by atoms with Gasteiger partial charge in [-0.25, -0.2) is 0 Å². The Balaban J connectivity index is 2.70. The molecule has 3 nitrogen and oxygen atoms in total. The Morgan fingerprint density at radius 2 is 1.94 bits per heavy atom. The quantitative estimate of drug-likeness (QED) is 0.852. The highest BCUT2D eigenvalue weighted by Gasteiger charge is 2.27. The largest absolute Gasteiger partial charge is 0.325 e. The van der Waals surface area contributed by atoms with E-state index in [0.29, 0.717) is 22.3 Å². The molecule has 0 aliphatic carbocycles. The molecule has 0 bridgehead atoms. The first-order valence-corrected chi connectivity index (χ1v) is 6.01. The van der Waals surface area contributed by atoms with Crippen molar-refractivity contribution in [3.05, 3.63) is 24.3 Å². The minimum absolute atomic E-state index is 0.419. The van der Waals surface area contributed by atoms with Crippen LogP contribution in [-0.2, 0) is 4.79 Å². The predicted octanol–water partition coefficient (Wildman–Crippen LogP) is 3.49. The van der Waals surface area contributed by atoms with Crippen LogP contribution in [0.2, 0.25) is 0 Å². The molecule has 1 amide bonds. The van der Waals surface area contributed by atoms with E-state index in [-0.39, 0.29) is 0 Å². The zero-order valence-corrected chi connectivity index (χ0v) is 10.7. The molecule has 0 aliphatic heterocycles. The number of hydrogen-bond acceptors (Lipinski definition) is 3. The maximum atomic E-state index is 12.1. The van der Waals surface area contributed by atoms with E-state index in [1.54, 1.807) is 0 Å². The lowest BCUT2D eigenvalue weighted by atomic mass is 9.95. The second kappa shape index (κ2) is 5.83. The molecule has 6 heteroatoms. The molecule has 0 saturated heterocycles. The van der Waals surface area contributed by atoms with Crippen molar-refractivity contribution < 1.29 is 13.6 Å². The van der Waals surface area contributed by atoms with Crippen LogP contribution in [0.5, 0.6) is 0 Å². The third-order valence-electron chi connectivity index (χ3n) is 2.18. The van der Waals surface area contributed by atoms with Gasteiger partial charge in [-0.05, 0) is 38.1 Å². The Morgan fingerprint density at radius 3 is 2.39 bits per heavy atom. The molecule has 0 aromatic heterocycles.